The third-order valence-electron chi connectivity index (χ3n) is 3.29. The Bertz CT molecular complexity index is 852. The summed E-state index contributed by atoms with van der Waals surface area (Å²) in [5.74, 6) is -0.465. The van der Waals surface area contributed by atoms with E-state index in [0.717, 1.165) is 12.1 Å². The van der Waals surface area contributed by atoms with Gasteiger partial charge in [-0.1, -0.05) is 30.3 Å². The van der Waals surface area contributed by atoms with Gasteiger partial charge in [-0.15, -0.1) is 0 Å². The molecule has 0 saturated carbocycles. The van der Waals surface area contributed by atoms with Crippen molar-refractivity contribution in [1.29, 1.82) is 5.26 Å². The van der Waals surface area contributed by atoms with E-state index in [2.05, 4.69) is 5.32 Å². The zero-order valence-electron chi connectivity index (χ0n) is 13.1. The first kappa shape index (κ1) is 18.1. The number of anilines is 1. The summed E-state index contributed by atoms with van der Waals surface area (Å²) in [6.45, 7) is 0. The number of methoxy groups -OCH3 is 1. The number of ether oxygens (including phenoxy) is 1. The molecule has 0 radical (unpaired) electrons. The van der Waals surface area contributed by atoms with Crippen molar-refractivity contribution >= 4 is 17.7 Å². The number of benzene rings is 2. The molecule has 0 aromatic heterocycles. The van der Waals surface area contributed by atoms with Gasteiger partial charge in [-0.2, -0.15) is 18.4 Å². The molecule has 128 valence electrons. The highest BCUT2D eigenvalue weighted by atomic mass is 19.4. The van der Waals surface area contributed by atoms with Gasteiger partial charge in [0.15, 0.2) is 0 Å². The van der Waals surface area contributed by atoms with Gasteiger partial charge in [0, 0.05) is 0 Å². The van der Waals surface area contributed by atoms with E-state index in [1.807, 2.05) is 0 Å². The maximum absolute atomic E-state index is 13.0. The zero-order chi connectivity index (χ0) is 18.4. The summed E-state index contributed by atoms with van der Waals surface area (Å²) in [5.41, 5.74) is -1.34. The van der Waals surface area contributed by atoms with Crippen LogP contribution in [0.5, 0.6) is 5.75 Å². The fraction of sp³-hybridized carbons (Fsp3) is 0.111. The number of carbonyl (C=O) groups is 1. The molecule has 2 aromatic carbocycles. The molecule has 4 nitrogen and oxygen atoms in total. The highest BCUT2D eigenvalue weighted by molar-refractivity contribution is 6.10. The molecule has 0 atom stereocenters. The molecule has 25 heavy (non-hydrogen) atoms. The molecule has 0 fully saturated rings. The fourth-order valence-corrected chi connectivity index (χ4v) is 2.12. The van der Waals surface area contributed by atoms with Crippen molar-refractivity contribution in [1.82, 2.24) is 0 Å². The Kier molecular flexibility index (Phi) is 5.45. The standard InChI is InChI=1S/C18H13F3N2O2/c1-25-16-9-5-4-8-15(16)23-17(24)13(11-22)10-12-6-2-3-7-14(12)18(19,20)21/h2-10H,1H3,(H,23,24)/b13-10+. The first-order valence-electron chi connectivity index (χ1n) is 7.09. The SMILES string of the molecule is COc1ccccc1NC(=O)/C(C#N)=C/c1ccccc1C(F)(F)F. The second-order valence-electron chi connectivity index (χ2n) is 4.91. The Morgan fingerprint density at radius 1 is 1.16 bits per heavy atom. The van der Waals surface area contributed by atoms with Crippen LogP contribution in [-0.4, -0.2) is 13.0 Å². The van der Waals surface area contributed by atoms with Crippen LogP contribution in [0.1, 0.15) is 11.1 Å². The van der Waals surface area contributed by atoms with Gasteiger partial charge in [0.1, 0.15) is 17.4 Å². The molecule has 0 unspecified atom stereocenters. The Balaban J connectivity index is 2.36. The van der Waals surface area contributed by atoms with E-state index in [1.54, 1.807) is 30.3 Å². The minimum absolute atomic E-state index is 0.262. The predicted molar refractivity (Wildman–Crippen MR) is 86.7 cm³/mol. The number of halogens is 3. The van der Waals surface area contributed by atoms with Crippen LogP contribution in [0.2, 0.25) is 0 Å². The molecule has 2 aromatic rings. The molecule has 0 saturated heterocycles. The first-order valence-corrected chi connectivity index (χ1v) is 7.09. The van der Waals surface area contributed by atoms with E-state index in [0.29, 0.717) is 11.4 Å². The van der Waals surface area contributed by atoms with Gasteiger partial charge in [0.25, 0.3) is 5.91 Å². The number of carbonyl (C=O) groups excluding carboxylic acids is 1. The quantitative estimate of drug-likeness (QED) is 0.665. The van der Waals surface area contributed by atoms with E-state index < -0.39 is 23.2 Å². The molecule has 1 amide bonds. The van der Waals surface area contributed by atoms with E-state index >= 15 is 0 Å². The number of nitrogens with zero attached hydrogens (tertiary/aromatic N) is 1. The summed E-state index contributed by atoms with van der Waals surface area (Å²) in [6.07, 6.45) is -3.68. The van der Waals surface area contributed by atoms with Crippen molar-refractivity contribution in [2.45, 2.75) is 6.18 Å². The Labute approximate surface area is 142 Å². The largest absolute Gasteiger partial charge is 0.495 e. The van der Waals surface area contributed by atoms with Crippen molar-refractivity contribution in [2.24, 2.45) is 0 Å². The van der Waals surface area contributed by atoms with Gasteiger partial charge in [-0.25, -0.2) is 0 Å². The second-order valence-corrected chi connectivity index (χ2v) is 4.91. The lowest BCUT2D eigenvalue weighted by Gasteiger charge is -2.11. The van der Waals surface area contributed by atoms with Crippen molar-refractivity contribution in [3.05, 3.63) is 65.2 Å². The van der Waals surface area contributed by atoms with Gasteiger partial charge in [-0.05, 0) is 29.8 Å². The first-order chi connectivity index (χ1) is 11.9. The van der Waals surface area contributed by atoms with E-state index in [1.165, 1.54) is 25.3 Å². The number of amides is 1. The highest BCUT2D eigenvalue weighted by Crippen LogP contribution is 2.33. The molecule has 0 aliphatic carbocycles. The number of rotatable bonds is 4. The molecule has 1 N–H and O–H groups in total. The van der Waals surface area contributed by atoms with Crippen LogP contribution in [0.4, 0.5) is 18.9 Å². The smallest absolute Gasteiger partial charge is 0.416 e. The van der Waals surface area contributed by atoms with Crippen molar-refractivity contribution in [3.63, 3.8) is 0 Å². The summed E-state index contributed by atoms with van der Waals surface area (Å²) in [6, 6.07) is 12.8. The van der Waals surface area contributed by atoms with Gasteiger partial charge in [0.05, 0.1) is 18.4 Å². The van der Waals surface area contributed by atoms with Crippen LogP contribution < -0.4 is 10.1 Å². The van der Waals surface area contributed by atoms with Gasteiger partial charge < -0.3 is 10.1 Å². The molecule has 2 rings (SSSR count). The molecule has 0 bridgehead atoms. The van der Waals surface area contributed by atoms with Gasteiger partial charge in [-0.3, -0.25) is 4.79 Å². The van der Waals surface area contributed by atoms with Crippen LogP contribution in [0.25, 0.3) is 6.08 Å². The highest BCUT2D eigenvalue weighted by Gasteiger charge is 2.32. The van der Waals surface area contributed by atoms with Gasteiger partial charge >= 0.3 is 6.18 Å². The molecular formula is C18H13F3N2O2. The summed E-state index contributed by atoms with van der Waals surface area (Å²) < 4.78 is 44.1. The summed E-state index contributed by atoms with van der Waals surface area (Å²) >= 11 is 0. The van der Waals surface area contributed by atoms with Crippen LogP contribution >= 0.6 is 0 Å². The topological polar surface area (TPSA) is 62.1 Å². The van der Waals surface area contributed by atoms with Crippen molar-refractivity contribution in [2.75, 3.05) is 12.4 Å². The van der Waals surface area contributed by atoms with Crippen LogP contribution in [0.3, 0.4) is 0 Å². The monoisotopic (exact) mass is 346 g/mol. The molecule has 0 spiro atoms. The third-order valence-corrected chi connectivity index (χ3v) is 3.29. The molecule has 7 heteroatoms. The second kappa shape index (κ2) is 7.53. The maximum atomic E-state index is 13.0. The van der Waals surface area contributed by atoms with Gasteiger partial charge in [0.2, 0.25) is 0 Å². The molecule has 0 aliphatic rings. The molecule has 0 aliphatic heterocycles. The lowest BCUT2D eigenvalue weighted by atomic mass is 10.0. The van der Waals surface area contributed by atoms with Crippen molar-refractivity contribution < 1.29 is 22.7 Å². The number of alkyl halides is 3. The molecule has 0 heterocycles. The average Bonchev–Trinajstić information content (AvgIpc) is 2.59. The number of hydrogen-bond acceptors (Lipinski definition) is 3. The number of nitriles is 1. The minimum atomic E-state index is -4.59. The van der Waals surface area contributed by atoms with Crippen molar-refractivity contribution in [3.8, 4) is 11.8 Å². The van der Waals surface area contributed by atoms with Crippen LogP contribution in [-0.2, 0) is 11.0 Å². The number of nitrogens with one attached hydrogen (secondary N) is 1. The number of para-hydroxylation sites is 2. The van der Waals surface area contributed by atoms with Crippen LogP contribution in [0.15, 0.2) is 54.1 Å². The van der Waals surface area contributed by atoms with E-state index in [4.69, 9.17) is 10.00 Å². The summed E-state index contributed by atoms with van der Waals surface area (Å²) in [7, 11) is 1.41. The lowest BCUT2D eigenvalue weighted by Crippen LogP contribution is -2.14. The summed E-state index contributed by atoms with van der Waals surface area (Å²) in [4.78, 5) is 12.2. The number of hydrogen-bond donors (Lipinski definition) is 1. The maximum Gasteiger partial charge on any atom is 0.416 e. The lowest BCUT2D eigenvalue weighted by molar-refractivity contribution is -0.137. The van der Waals surface area contributed by atoms with Crippen LogP contribution in [0, 0.1) is 11.3 Å². The van der Waals surface area contributed by atoms with E-state index in [9.17, 15) is 18.0 Å². The Morgan fingerprint density at radius 3 is 2.44 bits per heavy atom. The minimum Gasteiger partial charge on any atom is -0.495 e. The fourth-order valence-electron chi connectivity index (χ4n) is 2.12. The summed E-state index contributed by atoms with van der Waals surface area (Å²) in [5, 5.41) is 11.6. The third kappa shape index (κ3) is 4.38. The predicted octanol–water partition coefficient (Wildman–Crippen LogP) is 4.26. The molecular weight excluding hydrogens is 333 g/mol. The zero-order valence-corrected chi connectivity index (χ0v) is 13.1. The van der Waals surface area contributed by atoms with E-state index in [-0.39, 0.29) is 5.56 Å². The average molecular weight is 346 g/mol. The Morgan fingerprint density at radius 2 is 1.80 bits per heavy atom. The Hall–Kier alpha value is -3.27. The normalized spacial score (nSPS) is 11.6.